The molecule has 2 aliphatic heterocycles. The monoisotopic (exact) mass is 299 g/mol. The second-order valence-electron chi connectivity index (χ2n) is 5.22. The molecule has 0 radical (unpaired) electrons. The van der Waals surface area contributed by atoms with Crippen LogP contribution in [0.4, 0.5) is 0 Å². The molecule has 0 saturated heterocycles. The van der Waals surface area contributed by atoms with E-state index >= 15 is 0 Å². The number of benzene rings is 2. The van der Waals surface area contributed by atoms with E-state index < -0.39 is 0 Å². The van der Waals surface area contributed by atoms with E-state index in [0.717, 1.165) is 12.8 Å². The molecule has 1 nitrogen and oxygen atoms in total. The van der Waals surface area contributed by atoms with Gasteiger partial charge in [-0.15, -0.1) is 0 Å². The van der Waals surface area contributed by atoms with E-state index in [9.17, 15) is 0 Å². The minimum absolute atomic E-state index is 0.193. The van der Waals surface area contributed by atoms with Crippen molar-refractivity contribution in [1.82, 2.24) is 5.32 Å². The van der Waals surface area contributed by atoms with E-state index in [1.165, 1.54) is 22.3 Å². The smallest absolute Gasteiger partial charge is 0.126 e. The van der Waals surface area contributed by atoms with Gasteiger partial charge in [-0.2, -0.15) is 0 Å². The molecule has 18 heavy (non-hydrogen) atoms. The fourth-order valence-corrected chi connectivity index (χ4v) is 4.45. The highest BCUT2D eigenvalue weighted by Gasteiger charge is 2.43. The minimum atomic E-state index is -0.193. The summed E-state index contributed by atoms with van der Waals surface area (Å²) in [6, 6.07) is 18.0. The van der Waals surface area contributed by atoms with Gasteiger partial charge in [0, 0.05) is 6.04 Å². The molecular formula is C16H14BrN. The zero-order valence-corrected chi connectivity index (χ0v) is 11.6. The van der Waals surface area contributed by atoms with Crippen LogP contribution < -0.4 is 5.32 Å². The third-order valence-electron chi connectivity index (χ3n) is 4.11. The van der Waals surface area contributed by atoms with Crippen molar-refractivity contribution in [2.24, 2.45) is 0 Å². The molecular weight excluding hydrogens is 286 g/mol. The lowest BCUT2D eigenvalue weighted by atomic mass is 9.78. The Bertz CT molecular complexity index is 570. The summed E-state index contributed by atoms with van der Waals surface area (Å²) in [5.74, 6) is 0. The molecule has 0 amide bonds. The molecule has 0 unspecified atom stereocenters. The summed E-state index contributed by atoms with van der Waals surface area (Å²) in [5, 5.41) is 3.76. The molecule has 0 fully saturated rings. The van der Waals surface area contributed by atoms with Crippen molar-refractivity contribution in [3.05, 3.63) is 70.8 Å². The summed E-state index contributed by atoms with van der Waals surface area (Å²) in [4.78, 5) is 0. The molecule has 2 aliphatic rings. The average Bonchev–Trinajstić information content (AvgIpc) is 2.39. The van der Waals surface area contributed by atoms with E-state index in [4.69, 9.17) is 0 Å². The molecule has 2 heterocycles. The van der Waals surface area contributed by atoms with Crippen LogP contribution in [-0.4, -0.2) is 6.04 Å². The Morgan fingerprint density at radius 3 is 1.94 bits per heavy atom. The van der Waals surface area contributed by atoms with Crippen LogP contribution >= 0.6 is 15.9 Å². The van der Waals surface area contributed by atoms with Crippen LogP contribution in [0.2, 0.25) is 0 Å². The highest BCUT2D eigenvalue weighted by atomic mass is 79.9. The number of nitrogens with one attached hydrogen (secondary N) is 1. The Kier molecular flexibility index (Phi) is 2.21. The zero-order valence-electron chi connectivity index (χ0n) is 9.99. The third kappa shape index (κ3) is 1.36. The van der Waals surface area contributed by atoms with E-state index in [0.29, 0.717) is 6.04 Å². The van der Waals surface area contributed by atoms with E-state index in [-0.39, 0.29) is 4.45 Å². The van der Waals surface area contributed by atoms with Crippen molar-refractivity contribution >= 4 is 15.9 Å². The molecule has 0 aliphatic carbocycles. The summed E-state index contributed by atoms with van der Waals surface area (Å²) in [6.45, 7) is 0. The summed E-state index contributed by atoms with van der Waals surface area (Å²) >= 11 is 3.97. The van der Waals surface area contributed by atoms with Gasteiger partial charge in [-0.05, 0) is 35.1 Å². The van der Waals surface area contributed by atoms with Crippen LogP contribution in [0.5, 0.6) is 0 Å². The fraction of sp³-hybridized carbons (Fsp3) is 0.250. The van der Waals surface area contributed by atoms with Crippen LogP contribution in [0.3, 0.4) is 0 Å². The molecule has 0 saturated carbocycles. The quantitative estimate of drug-likeness (QED) is 0.581. The first-order chi connectivity index (χ1) is 8.77. The molecule has 4 rings (SSSR count). The molecule has 2 aromatic carbocycles. The molecule has 0 spiro atoms. The maximum Gasteiger partial charge on any atom is 0.126 e. The summed E-state index contributed by atoms with van der Waals surface area (Å²) in [6.07, 6.45) is 2.25. The summed E-state index contributed by atoms with van der Waals surface area (Å²) in [5.41, 5.74) is 5.67. The van der Waals surface area contributed by atoms with Gasteiger partial charge >= 0.3 is 0 Å². The van der Waals surface area contributed by atoms with Crippen LogP contribution in [-0.2, 0) is 17.3 Å². The first-order valence-corrected chi connectivity index (χ1v) is 7.20. The van der Waals surface area contributed by atoms with Gasteiger partial charge in [0.2, 0.25) is 0 Å². The fourth-order valence-electron chi connectivity index (χ4n) is 3.36. The molecule has 1 N–H and O–H groups in total. The molecule has 0 atom stereocenters. The lowest BCUT2D eigenvalue weighted by molar-refractivity contribution is 0.386. The van der Waals surface area contributed by atoms with Gasteiger partial charge < -0.3 is 0 Å². The van der Waals surface area contributed by atoms with Crippen LogP contribution in [0.25, 0.3) is 0 Å². The number of rotatable bonds is 0. The summed E-state index contributed by atoms with van der Waals surface area (Å²) < 4.78 is -0.193. The predicted octanol–water partition coefficient (Wildman–Crippen LogP) is 3.35. The van der Waals surface area contributed by atoms with E-state index in [1.54, 1.807) is 0 Å². The van der Waals surface area contributed by atoms with Crippen molar-refractivity contribution in [3.8, 4) is 0 Å². The maximum atomic E-state index is 3.97. The molecule has 2 heteroatoms. The van der Waals surface area contributed by atoms with Gasteiger partial charge in [0.1, 0.15) is 4.45 Å². The topological polar surface area (TPSA) is 12.0 Å². The van der Waals surface area contributed by atoms with Crippen molar-refractivity contribution < 1.29 is 0 Å². The van der Waals surface area contributed by atoms with Gasteiger partial charge in [0.05, 0.1) is 0 Å². The molecule has 0 aromatic heterocycles. The molecule has 90 valence electrons. The Balaban J connectivity index is 2.02. The number of halogens is 1. The van der Waals surface area contributed by atoms with E-state index in [1.807, 2.05) is 0 Å². The SMILES string of the molecule is BrC12NC(Cc3ccccc31)Cc1ccccc12. The maximum absolute atomic E-state index is 3.97. The predicted molar refractivity (Wildman–Crippen MR) is 76.9 cm³/mol. The van der Waals surface area contributed by atoms with Gasteiger partial charge in [0.15, 0.2) is 0 Å². The van der Waals surface area contributed by atoms with Gasteiger partial charge in [-0.25, -0.2) is 0 Å². The van der Waals surface area contributed by atoms with Crippen molar-refractivity contribution in [3.63, 3.8) is 0 Å². The largest absolute Gasteiger partial charge is 0.291 e. The van der Waals surface area contributed by atoms with Crippen LogP contribution in [0.15, 0.2) is 48.5 Å². The minimum Gasteiger partial charge on any atom is -0.291 e. The number of hydrogen-bond acceptors (Lipinski definition) is 1. The Hall–Kier alpha value is -1.12. The van der Waals surface area contributed by atoms with Crippen LogP contribution in [0.1, 0.15) is 22.3 Å². The first-order valence-electron chi connectivity index (χ1n) is 6.41. The molecule has 2 bridgehead atoms. The third-order valence-corrected chi connectivity index (χ3v) is 5.20. The normalized spacial score (nSPS) is 28.4. The molecule has 2 aromatic rings. The first kappa shape index (κ1) is 10.8. The Morgan fingerprint density at radius 1 is 0.889 bits per heavy atom. The second kappa shape index (κ2) is 3.69. The Labute approximate surface area is 115 Å². The zero-order chi connectivity index (χ0) is 12.2. The lowest BCUT2D eigenvalue weighted by Gasteiger charge is -2.45. The van der Waals surface area contributed by atoms with Gasteiger partial charge in [0.25, 0.3) is 0 Å². The highest BCUT2D eigenvalue weighted by Crippen LogP contribution is 2.46. The summed E-state index contributed by atoms with van der Waals surface area (Å²) in [7, 11) is 0. The van der Waals surface area contributed by atoms with Crippen LogP contribution in [0, 0.1) is 0 Å². The highest BCUT2D eigenvalue weighted by molar-refractivity contribution is 9.09. The second-order valence-corrected chi connectivity index (χ2v) is 6.41. The number of alkyl halides is 1. The van der Waals surface area contributed by atoms with Crippen molar-refractivity contribution in [2.75, 3.05) is 0 Å². The number of hydrogen-bond donors (Lipinski definition) is 1. The van der Waals surface area contributed by atoms with E-state index in [2.05, 4.69) is 69.8 Å². The Morgan fingerprint density at radius 2 is 1.39 bits per heavy atom. The standard InChI is InChI=1S/C16H14BrN/c17-16-14-7-3-1-5-11(14)9-13(18-16)10-12-6-2-4-8-15(12)16/h1-8,13,18H,9-10H2. The van der Waals surface area contributed by atoms with Gasteiger partial charge in [-0.1, -0.05) is 64.5 Å². The van der Waals surface area contributed by atoms with Gasteiger partial charge in [-0.3, -0.25) is 5.32 Å². The average molecular weight is 300 g/mol. The van der Waals surface area contributed by atoms with Crippen molar-refractivity contribution in [2.45, 2.75) is 23.3 Å². The number of fused-ring (bicyclic) bond motifs is 6. The van der Waals surface area contributed by atoms with Crippen molar-refractivity contribution in [1.29, 1.82) is 0 Å². The lowest BCUT2D eigenvalue weighted by Crippen LogP contribution is -2.54.